The standard InChI is InChI=1S/C24H17F3N2O2/c1-31-22-9-5-3-7-18(22)21-14-19(17-6-2-4-8-20(17)29-21)23(30)28-16-12-10-15(11-13-16)24(25,26)27/h2-14H,1H3,(H,28,30). The number of rotatable bonds is 4. The number of pyridine rings is 1. The van der Waals surface area contributed by atoms with E-state index in [1.54, 1.807) is 37.4 Å². The summed E-state index contributed by atoms with van der Waals surface area (Å²) >= 11 is 0. The summed E-state index contributed by atoms with van der Waals surface area (Å²) in [6.07, 6.45) is -4.44. The highest BCUT2D eigenvalue weighted by atomic mass is 19.4. The second-order valence-corrected chi connectivity index (χ2v) is 6.80. The number of ether oxygens (including phenoxy) is 1. The molecular weight excluding hydrogens is 405 g/mol. The Morgan fingerprint density at radius 1 is 0.935 bits per heavy atom. The largest absolute Gasteiger partial charge is 0.496 e. The van der Waals surface area contributed by atoms with Crippen molar-refractivity contribution in [3.63, 3.8) is 0 Å². The monoisotopic (exact) mass is 422 g/mol. The van der Waals surface area contributed by atoms with Gasteiger partial charge in [0.05, 0.1) is 29.4 Å². The van der Waals surface area contributed by atoms with E-state index in [0.29, 0.717) is 27.9 Å². The fourth-order valence-corrected chi connectivity index (χ4v) is 3.30. The molecule has 0 aliphatic carbocycles. The number of halogens is 3. The molecular formula is C24H17F3N2O2. The maximum Gasteiger partial charge on any atom is 0.416 e. The quantitative estimate of drug-likeness (QED) is 0.427. The van der Waals surface area contributed by atoms with E-state index in [0.717, 1.165) is 17.7 Å². The first kappa shape index (κ1) is 20.4. The molecule has 156 valence electrons. The molecule has 0 atom stereocenters. The third-order valence-corrected chi connectivity index (χ3v) is 4.81. The van der Waals surface area contributed by atoms with Crippen LogP contribution in [0, 0.1) is 0 Å². The lowest BCUT2D eigenvalue weighted by molar-refractivity contribution is -0.137. The van der Waals surface area contributed by atoms with Crippen molar-refractivity contribution in [1.29, 1.82) is 0 Å². The van der Waals surface area contributed by atoms with Crippen LogP contribution in [0.4, 0.5) is 18.9 Å². The van der Waals surface area contributed by atoms with Crippen LogP contribution in [-0.4, -0.2) is 18.0 Å². The zero-order valence-electron chi connectivity index (χ0n) is 16.4. The SMILES string of the molecule is COc1ccccc1-c1cc(C(=O)Nc2ccc(C(F)(F)F)cc2)c2ccccc2n1. The van der Waals surface area contributed by atoms with Crippen molar-refractivity contribution in [2.75, 3.05) is 12.4 Å². The summed E-state index contributed by atoms with van der Waals surface area (Å²) in [4.78, 5) is 17.7. The van der Waals surface area contributed by atoms with E-state index in [-0.39, 0.29) is 5.69 Å². The minimum absolute atomic E-state index is 0.262. The van der Waals surface area contributed by atoms with Gasteiger partial charge in [-0.05, 0) is 48.5 Å². The number of carbonyl (C=O) groups is 1. The molecule has 0 spiro atoms. The van der Waals surface area contributed by atoms with E-state index in [9.17, 15) is 18.0 Å². The van der Waals surface area contributed by atoms with E-state index in [4.69, 9.17) is 4.74 Å². The molecule has 0 fully saturated rings. The highest BCUT2D eigenvalue weighted by molar-refractivity contribution is 6.13. The number of para-hydroxylation sites is 2. The molecule has 3 aromatic carbocycles. The summed E-state index contributed by atoms with van der Waals surface area (Å²) in [5.74, 6) is 0.161. The van der Waals surface area contributed by atoms with Gasteiger partial charge in [-0.3, -0.25) is 4.79 Å². The van der Waals surface area contributed by atoms with Crippen LogP contribution in [0.1, 0.15) is 15.9 Å². The van der Waals surface area contributed by atoms with E-state index >= 15 is 0 Å². The van der Waals surface area contributed by atoms with Gasteiger partial charge in [0.1, 0.15) is 5.75 Å². The number of benzene rings is 3. The molecule has 1 heterocycles. The third-order valence-electron chi connectivity index (χ3n) is 4.81. The van der Waals surface area contributed by atoms with Gasteiger partial charge < -0.3 is 10.1 Å². The average molecular weight is 422 g/mol. The topological polar surface area (TPSA) is 51.2 Å². The molecule has 0 aliphatic rings. The van der Waals surface area contributed by atoms with E-state index < -0.39 is 17.6 Å². The van der Waals surface area contributed by atoms with Crippen LogP contribution in [-0.2, 0) is 6.18 Å². The van der Waals surface area contributed by atoms with Gasteiger partial charge in [-0.15, -0.1) is 0 Å². The lowest BCUT2D eigenvalue weighted by Crippen LogP contribution is -2.13. The number of alkyl halides is 3. The third kappa shape index (κ3) is 4.21. The minimum atomic E-state index is -4.44. The van der Waals surface area contributed by atoms with Crippen molar-refractivity contribution < 1.29 is 22.7 Å². The number of fused-ring (bicyclic) bond motifs is 1. The fraction of sp³-hybridized carbons (Fsp3) is 0.0833. The number of amides is 1. The summed E-state index contributed by atoms with van der Waals surface area (Å²) in [5.41, 5.74) is 1.72. The maximum absolute atomic E-state index is 13.1. The molecule has 0 bridgehead atoms. The van der Waals surface area contributed by atoms with Gasteiger partial charge in [0, 0.05) is 16.6 Å². The number of anilines is 1. The molecule has 1 N–H and O–H groups in total. The van der Waals surface area contributed by atoms with Gasteiger partial charge in [-0.2, -0.15) is 13.2 Å². The molecule has 1 amide bonds. The molecule has 1 aromatic heterocycles. The first-order chi connectivity index (χ1) is 14.9. The summed E-state index contributed by atoms with van der Waals surface area (Å²) in [5, 5.41) is 3.30. The molecule has 4 rings (SSSR count). The summed E-state index contributed by atoms with van der Waals surface area (Å²) in [7, 11) is 1.55. The Balaban J connectivity index is 1.75. The molecule has 0 radical (unpaired) electrons. The first-order valence-corrected chi connectivity index (χ1v) is 9.38. The Morgan fingerprint density at radius 2 is 1.61 bits per heavy atom. The zero-order chi connectivity index (χ0) is 22.0. The van der Waals surface area contributed by atoms with Gasteiger partial charge in [-0.1, -0.05) is 30.3 Å². The molecule has 31 heavy (non-hydrogen) atoms. The van der Waals surface area contributed by atoms with Crippen molar-refractivity contribution >= 4 is 22.5 Å². The smallest absolute Gasteiger partial charge is 0.416 e. The number of nitrogens with zero attached hydrogens (tertiary/aromatic N) is 1. The Bertz CT molecular complexity index is 1250. The normalized spacial score (nSPS) is 11.4. The van der Waals surface area contributed by atoms with Crippen LogP contribution in [0.3, 0.4) is 0 Å². The number of hydrogen-bond acceptors (Lipinski definition) is 3. The second kappa shape index (κ2) is 8.10. The maximum atomic E-state index is 13.1. The molecule has 0 saturated carbocycles. The van der Waals surface area contributed by atoms with E-state index in [1.807, 2.05) is 24.3 Å². The number of hydrogen-bond donors (Lipinski definition) is 1. The van der Waals surface area contributed by atoms with Gasteiger partial charge in [0.25, 0.3) is 5.91 Å². The van der Waals surface area contributed by atoms with Crippen LogP contribution < -0.4 is 10.1 Å². The summed E-state index contributed by atoms with van der Waals surface area (Å²) < 4.78 is 43.8. The van der Waals surface area contributed by atoms with Crippen molar-refractivity contribution in [2.24, 2.45) is 0 Å². The van der Waals surface area contributed by atoms with E-state index in [2.05, 4.69) is 10.3 Å². The van der Waals surface area contributed by atoms with Crippen LogP contribution in [0.2, 0.25) is 0 Å². The predicted molar refractivity (Wildman–Crippen MR) is 113 cm³/mol. The van der Waals surface area contributed by atoms with Crippen LogP contribution in [0.15, 0.2) is 78.9 Å². The van der Waals surface area contributed by atoms with E-state index in [1.165, 1.54) is 12.1 Å². The minimum Gasteiger partial charge on any atom is -0.496 e. The lowest BCUT2D eigenvalue weighted by Gasteiger charge is -2.13. The van der Waals surface area contributed by atoms with Gasteiger partial charge in [-0.25, -0.2) is 4.98 Å². The molecule has 4 aromatic rings. The van der Waals surface area contributed by atoms with Crippen molar-refractivity contribution in [3.05, 3.63) is 90.0 Å². The van der Waals surface area contributed by atoms with Crippen molar-refractivity contribution in [2.45, 2.75) is 6.18 Å². The fourth-order valence-electron chi connectivity index (χ4n) is 3.30. The number of methoxy groups -OCH3 is 1. The first-order valence-electron chi connectivity index (χ1n) is 9.38. The van der Waals surface area contributed by atoms with Gasteiger partial charge >= 0.3 is 6.18 Å². The summed E-state index contributed by atoms with van der Waals surface area (Å²) in [6, 6.07) is 20.5. The van der Waals surface area contributed by atoms with Crippen LogP contribution in [0.5, 0.6) is 5.75 Å². The molecule has 0 saturated heterocycles. The highest BCUT2D eigenvalue weighted by Gasteiger charge is 2.30. The average Bonchev–Trinajstić information content (AvgIpc) is 2.78. The van der Waals surface area contributed by atoms with Gasteiger partial charge in [0.15, 0.2) is 0 Å². The van der Waals surface area contributed by atoms with Crippen LogP contribution in [0.25, 0.3) is 22.2 Å². The Morgan fingerprint density at radius 3 is 2.32 bits per heavy atom. The zero-order valence-corrected chi connectivity index (χ0v) is 16.4. The van der Waals surface area contributed by atoms with Gasteiger partial charge in [0.2, 0.25) is 0 Å². The summed E-state index contributed by atoms with van der Waals surface area (Å²) in [6.45, 7) is 0. The lowest BCUT2D eigenvalue weighted by atomic mass is 10.0. The van der Waals surface area contributed by atoms with Crippen molar-refractivity contribution in [1.82, 2.24) is 4.98 Å². The predicted octanol–water partition coefficient (Wildman–Crippen LogP) is 6.18. The molecule has 4 nitrogen and oxygen atoms in total. The Labute approximate surface area is 176 Å². The van der Waals surface area contributed by atoms with Crippen molar-refractivity contribution in [3.8, 4) is 17.0 Å². The molecule has 0 unspecified atom stereocenters. The highest BCUT2D eigenvalue weighted by Crippen LogP contribution is 2.32. The Hall–Kier alpha value is -3.87. The molecule has 7 heteroatoms. The number of nitrogens with one attached hydrogen (secondary N) is 1. The second-order valence-electron chi connectivity index (χ2n) is 6.80. The number of aromatic nitrogens is 1. The molecule has 0 aliphatic heterocycles. The van der Waals surface area contributed by atoms with Crippen LogP contribution >= 0.6 is 0 Å². The Kier molecular flexibility index (Phi) is 5.33. The number of carbonyl (C=O) groups excluding carboxylic acids is 1.